The van der Waals surface area contributed by atoms with Crippen LogP contribution in [0.25, 0.3) is 0 Å². The van der Waals surface area contributed by atoms with Gasteiger partial charge in [-0.2, -0.15) is 0 Å². The lowest BCUT2D eigenvalue weighted by atomic mass is 10.0. The second-order valence-electron chi connectivity index (χ2n) is 10.5. The third-order valence-electron chi connectivity index (χ3n) is 5.15. The number of esters is 1. The van der Waals surface area contributed by atoms with Gasteiger partial charge < -0.3 is 20.1 Å². The number of nitrogens with one attached hydrogen (secondary N) is 2. The molecule has 0 bridgehead atoms. The Balaban J connectivity index is 1.79. The molecule has 196 valence electrons. The Morgan fingerprint density at radius 2 is 1.69 bits per heavy atom. The molecule has 0 radical (unpaired) electrons. The lowest BCUT2D eigenvalue weighted by Crippen LogP contribution is -2.71. The zero-order valence-corrected chi connectivity index (χ0v) is 22.8. The maximum atomic E-state index is 13.3. The van der Waals surface area contributed by atoms with E-state index < -0.39 is 52.5 Å². The number of ether oxygens (including phenoxy) is 2. The molecule has 2 aliphatic rings. The van der Waals surface area contributed by atoms with Gasteiger partial charge in [0.25, 0.3) is 5.91 Å². The first-order valence-corrected chi connectivity index (χ1v) is 13.1. The number of alkyl carbamates (subject to hydrolysis) is 1. The van der Waals surface area contributed by atoms with Crippen molar-refractivity contribution in [3.05, 3.63) is 47.2 Å². The molecule has 3 atom stereocenters. The summed E-state index contributed by atoms with van der Waals surface area (Å²) in [5, 5.41) is 4.83. The SMILES string of the molecule is CC(C)(C)OC(=O)NC(C(=O)N[C@@H]1C(=O)N2C(C(=O)OC(C)(C)C)=C(CCl)CS[C@H]12)c1ccccc1. The van der Waals surface area contributed by atoms with Gasteiger partial charge in [-0.25, -0.2) is 9.59 Å². The number of hydrogen-bond donors (Lipinski definition) is 2. The number of fused-ring (bicyclic) bond motifs is 1. The number of benzene rings is 1. The van der Waals surface area contributed by atoms with Crippen LogP contribution < -0.4 is 10.6 Å². The number of rotatable bonds is 6. The molecule has 0 aromatic heterocycles. The van der Waals surface area contributed by atoms with E-state index in [-0.39, 0.29) is 11.6 Å². The van der Waals surface area contributed by atoms with Crippen molar-refractivity contribution >= 4 is 47.2 Å². The first-order chi connectivity index (χ1) is 16.7. The molecule has 11 heteroatoms. The van der Waals surface area contributed by atoms with Crippen molar-refractivity contribution in [3.8, 4) is 0 Å². The third-order valence-corrected chi connectivity index (χ3v) is 6.82. The number of β-lactam (4-membered cyclic amide) rings is 1. The Bertz CT molecular complexity index is 1060. The first kappa shape index (κ1) is 27.9. The highest BCUT2D eigenvalue weighted by molar-refractivity contribution is 8.00. The van der Waals surface area contributed by atoms with Crippen LogP contribution in [0.2, 0.25) is 0 Å². The molecule has 2 heterocycles. The van der Waals surface area contributed by atoms with Crippen LogP contribution in [0.1, 0.15) is 53.1 Å². The molecule has 3 rings (SSSR count). The fraction of sp³-hybridized carbons (Fsp3) is 0.520. The highest BCUT2D eigenvalue weighted by atomic mass is 35.5. The molecule has 2 N–H and O–H groups in total. The largest absolute Gasteiger partial charge is 0.455 e. The number of hydrogen-bond acceptors (Lipinski definition) is 7. The lowest BCUT2D eigenvalue weighted by molar-refractivity contribution is -0.159. The van der Waals surface area contributed by atoms with E-state index in [1.54, 1.807) is 71.9 Å². The summed E-state index contributed by atoms with van der Waals surface area (Å²) in [5.41, 5.74) is -0.251. The summed E-state index contributed by atoms with van der Waals surface area (Å²) in [7, 11) is 0. The molecule has 1 saturated heterocycles. The van der Waals surface area contributed by atoms with Crippen molar-refractivity contribution in [1.29, 1.82) is 0 Å². The number of nitrogens with zero attached hydrogens (tertiary/aromatic N) is 1. The smallest absolute Gasteiger partial charge is 0.408 e. The summed E-state index contributed by atoms with van der Waals surface area (Å²) in [6.45, 7) is 10.4. The van der Waals surface area contributed by atoms with Crippen molar-refractivity contribution in [2.24, 2.45) is 0 Å². The van der Waals surface area contributed by atoms with E-state index in [9.17, 15) is 19.2 Å². The summed E-state index contributed by atoms with van der Waals surface area (Å²) < 4.78 is 10.8. The molecule has 3 amide bonds. The number of carbonyl (C=O) groups excluding carboxylic acids is 4. The molecule has 2 aliphatic heterocycles. The normalized spacial score (nSPS) is 20.6. The maximum absolute atomic E-state index is 13.3. The van der Waals surface area contributed by atoms with E-state index in [1.165, 1.54) is 16.7 Å². The van der Waals surface area contributed by atoms with Crippen molar-refractivity contribution < 1.29 is 28.7 Å². The van der Waals surface area contributed by atoms with Crippen molar-refractivity contribution in [3.63, 3.8) is 0 Å². The molecule has 1 aromatic carbocycles. The van der Waals surface area contributed by atoms with Crippen LogP contribution in [0, 0.1) is 0 Å². The van der Waals surface area contributed by atoms with Gasteiger partial charge in [-0.15, -0.1) is 23.4 Å². The second-order valence-corrected chi connectivity index (χ2v) is 11.8. The summed E-state index contributed by atoms with van der Waals surface area (Å²) in [6.07, 6.45) is -0.762. The zero-order chi connectivity index (χ0) is 26.8. The van der Waals surface area contributed by atoms with Gasteiger partial charge in [-0.1, -0.05) is 30.3 Å². The molecule has 0 aliphatic carbocycles. The Morgan fingerprint density at radius 3 is 2.25 bits per heavy atom. The van der Waals surface area contributed by atoms with Crippen LogP contribution in [0.5, 0.6) is 0 Å². The standard InChI is InChI=1S/C25H32ClN3O6S/c1-24(2,3)34-22(32)18-15(12-26)13-36-21-17(20(31)29(18)21)27-19(30)16(14-10-8-7-9-11-14)28-23(33)35-25(4,5)6/h7-11,16-17,21H,12-13H2,1-6H3,(H,27,30)(H,28,33)/t16?,17-,21-/m1/s1. The summed E-state index contributed by atoms with van der Waals surface area (Å²) in [6, 6.07) is 6.69. The average molecular weight is 538 g/mol. The van der Waals surface area contributed by atoms with E-state index >= 15 is 0 Å². The summed E-state index contributed by atoms with van der Waals surface area (Å²) in [4.78, 5) is 53.1. The highest BCUT2D eigenvalue weighted by Gasteiger charge is 2.55. The fourth-order valence-electron chi connectivity index (χ4n) is 3.71. The highest BCUT2D eigenvalue weighted by Crippen LogP contribution is 2.41. The van der Waals surface area contributed by atoms with E-state index in [0.717, 1.165) is 0 Å². The van der Waals surface area contributed by atoms with Crippen molar-refractivity contribution in [2.75, 3.05) is 11.6 Å². The van der Waals surface area contributed by atoms with Gasteiger partial charge in [-0.3, -0.25) is 14.5 Å². The van der Waals surface area contributed by atoms with Gasteiger partial charge in [-0.05, 0) is 52.7 Å². The molecule has 9 nitrogen and oxygen atoms in total. The van der Waals surface area contributed by atoms with E-state index in [2.05, 4.69) is 10.6 Å². The Hall–Kier alpha value is -2.72. The molecular weight excluding hydrogens is 506 g/mol. The predicted molar refractivity (Wildman–Crippen MR) is 137 cm³/mol. The molecular formula is C25H32ClN3O6S. The Kier molecular flexibility index (Phi) is 8.30. The number of thioether (sulfide) groups is 1. The van der Waals surface area contributed by atoms with Crippen LogP contribution in [-0.4, -0.2) is 63.0 Å². The van der Waals surface area contributed by atoms with Crippen LogP contribution in [0.4, 0.5) is 4.79 Å². The van der Waals surface area contributed by atoms with Gasteiger partial charge in [0.1, 0.15) is 34.4 Å². The summed E-state index contributed by atoms with van der Waals surface area (Å²) in [5.74, 6) is -1.16. The first-order valence-electron chi connectivity index (χ1n) is 11.5. The fourth-order valence-corrected chi connectivity index (χ4v) is 5.39. The van der Waals surface area contributed by atoms with E-state index in [0.29, 0.717) is 16.9 Å². The van der Waals surface area contributed by atoms with Crippen LogP contribution >= 0.6 is 23.4 Å². The van der Waals surface area contributed by atoms with Crippen molar-refractivity contribution in [2.45, 2.75) is 70.2 Å². The van der Waals surface area contributed by atoms with Crippen LogP contribution in [0.3, 0.4) is 0 Å². The van der Waals surface area contributed by atoms with Gasteiger partial charge in [0.2, 0.25) is 5.91 Å². The topological polar surface area (TPSA) is 114 Å². The summed E-state index contributed by atoms with van der Waals surface area (Å²) >= 11 is 7.46. The Morgan fingerprint density at radius 1 is 1.08 bits per heavy atom. The third kappa shape index (κ3) is 6.53. The molecule has 1 fully saturated rings. The van der Waals surface area contributed by atoms with Crippen LogP contribution in [-0.2, 0) is 23.9 Å². The van der Waals surface area contributed by atoms with Crippen molar-refractivity contribution in [1.82, 2.24) is 15.5 Å². The molecule has 1 unspecified atom stereocenters. The molecule has 1 aromatic rings. The molecule has 0 spiro atoms. The van der Waals surface area contributed by atoms with Gasteiger partial charge in [0, 0.05) is 11.6 Å². The molecule has 0 saturated carbocycles. The predicted octanol–water partition coefficient (Wildman–Crippen LogP) is 3.49. The average Bonchev–Trinajstić information content (AvgIpc) is 2.78. The monoisotopic (exact) mass is 537 g/mol. The van der Waals surface area contributed by atoms with E-state index in [1.807, 2.05) is 0 Å². The molecule has 36 heavy (non-hydrogen) atoms. The lowest BCUT2D eigenvalue weighted by Gasteiger charge is -2.50. The minimum absolute atomic E-state index is 0.0744. The number of halogens is 1. The minimum Gasteiger partial charge on any atom is -0.455 e. The zero-order valence-electron chi connectivity index (χ0n) is 21.2. The number of alkyl halides is 1. The van der Waals surface area contributed by atoms with E-state index in [4.69, 9.17) is 21.1 Å². The number of amides is 3. The minimum atomic E-state index is -1.09. The second kappa shape index (κ2) is 10.7. The van der Waals surface area contributed by atoms with Gasteiger partial charge >= 0.3 is 12.1 Å². The van der Waals surface area contributed by atoms with Crippen LogP contribution in [0.15, 0.2) is 41.6 Å². The maximum Gasteiger partial charge on any atom is 0.408 e. The Labute approximate surface area is 220 Å². The quantitative estimate of drug-likeness (QED) is 0.324. The van der Waals surface area contributed by atoms with Gasteiger partial charge in [0.05, 0.1) is 0 Å². The number of carbonyl (C=O) groups is 4. The van der Waals surface area contributed by atoms with Gasteiger partial charge in [0.15, 0.2) is 0 Å².